The van der Waals surface area contributed by atoms with Crippen molar-refractivity contribution in [1.82, 2.24) is 4.90 Å². The molecule has 140 valence electrons. The smallest absolute Gasteiger partial charge is 0.187 e. The lowest BCUT2D eigenvalue weighted by atomic mass is 9.94. The van der Waals surface area contributed by atoms with Gasteiger partial charge in [0.25, 0.3) is 0 Å². The first-order chi connectivity index (χ1) is 13.0. The summed E-state index contributed by atoms with van der Waals surface area (Å²) in [6.07, 6.45) is 3.88. The van der Waals surface area contributed by atoms with Crippen LogP contribution in [-0.2, 0) is 4.79 Å². The Bertz CT molecular complexity index is 878. The van der Waals surface area contributed by atoms with Crippen LogP contribution in [0.2, 0.25) is 0 Å². The molecule has 1 aliphatic rings. The SMILES string of the molecule is COc1cc(/C=C2\CN(C)C/C(=C\c3ccc(Br)cc3)C2=O)cc(OC)c1. The van der Waals surface area contributed by atoms with Crippen LogP contribution in [0.3, 0.4) is 0 Å². The summed E-state index contributed by atoms with van der Waals surface area (Å²) in [5.41, 5.74) is 3.43. The van der Waals surface area contributed by atoms with Gasteiger partial charge in [0.05, 0.1) is 14.2 Å². The molecule has 0 N–H and O–H groups in total. The van der Waals surface area contributed by atoms with Crippen molar-refractivity contribution in [3.05, 3.63) is 69.2 Å². The van der Waals surface area contributed by atoms with Crippen molar-refractivity contribution in [1.29, 1.82) is 0 Å². The highest BCUT2D eigenvalue weighted by atomic mass is 79.9. The van der Waals surface area contributed by atoms with Gasteiger partial charge in [-0.25, -0.2) is 0 Å². The van der Waals surface area contributed by atoms with E-state index in [2.05, 4.69) is 20.8 Å². The van der Waals surface area contributed by atoms with Gasteiger partial charge in [-0.3, -0.25) is 9.69 Å². The van der Waals surface area contributed by atoms with Crippen molar-refractivity contribution in [2.75, 3.05) is 34.4 Å². The molecule has 0 bridgehead atoms. The zero-order valence-corrected chi connectivity index (χ0v) is 17.2. The van der Waals surface area contributed by atoms with E-state index >= 15 is 0 Å². The average molecular weight is 428 g/mol. The quantitative estimate of drug-likeness (QED) is 0.675. The molecule has 2 aromatic rings. The van der Waals surface area contributed by atoms with Crippen molar-refractivity contribution in [3.8, 4) is 11.5 Å². The van der Waals surface area contributed by atoms with Gasteiger partial charge in [0.15, 0.2) is 5.78 Å². The number of benzene rings is 2. The number of hydrogen-bond donors (Lipinski definition) is 0. The normalized spacial score (nSPS) is 18.1. The predicted octanol–water partition coefficient (Wildman–Crippen LogP) is 4.45. The predicted molar refractivity (Wildman–Crippen MR) is 112 cm³/mol. The Morgan fingerprint density at radius 2 is 1.41 bits per heavy atom. The first kappa shape index (κ1) is 19.4. The van der Waals surface area contributed by atoms with E-state index in [4.69, 9.17) is 9.47 Å². The van der Waals surface area contributed by atoms with Gasteiger partial charge < -0.3 is 9.47 Å². The number of ether oxygens (including phenoxy) is 2. The standard InChI is InChI=1S/C22H22BrNO3/c1-24-13-17(8-15-4-6-19(23)7-5-15)22(25)18(14-24)9-16-10-20(26-2)12-21(11-16)27-3/h4-12H,13-14H2,1-3H3/b17-8+,18-9+. The van der Waals surface area contributed by atoms with Crippen LogP contribution in [0.5, 0.6) is 11.5 Å². The summed E-state index contributed by atoms with van der Waals surface area (Å²) >= 11 is 3.44. The molecule has 1 heterocycles. The lowest BCUT2D eigenvalue weighted by Gasteiger charge is -2.26. The van der Waals surface area contributed by atoms with Gasteiger partial charge in [0.2, 0.25) is 0 Å². The number of carbonyl (C=O) groups excluding carboxylic acids is 1. The molecular weight excluding hydrogens is 406 g/mol. The van der Waals surface area contributed by atoms with Crippen molar-refractivity contribution >= 4 is 33.9 Å². The Kier molecular flexibility index (Phi) is 6.14. The van der Waals surface area contributed by atoms with Crippen molar-refractivity contribution in [2.24, 2.45) is 0 Å². The topological polar surface area (TPSA) is 38.8 Å². The highest BCUT2D eigenvalue weighted by Crippen LogP contribution is 2.26. The summed E-state index contributed by atoms with van der Waals surface area (Å²) in [5.74, 6) is 1.48. The third-order valence-corrected chi connectivity index (χ3v) is 4.92. The Hall–Kier alpha value is -2.37. The molecule has 0 amide bonds. The third-order valence-electron chi connectivity index (χ3n) is 4.39. The molecule has 2 aromatic carbocycles. The number of methoxy groups -OCH3 is 2. The number of ketones is 1. The molecule has 0 atom stereocenters. The molecule has 0 saturated carbocycles. The van der Waals surface area contributed by atoms with Crippen LogP contribution in [-0.4, -0.2) is 45.0 Å². The maximum Gasteiger partial charge on any atom is 0.187 e. The zero-order chi connectivity index (χ0) is 19.4. The first-order valence-corrected chi connectivity index (χ1v) is 9.41. The molecule has 4 nitrogen and oxygen atoms in total. The number of nitrogens with zero attached hydrogens (tertiary/aromatic N) is 1. The average Bonchev–Trinajstić information content (AvgIpc) is 2.66. The molecule has 0 spiro atoms. The molecule has 1 fully saturated rings. The fourth-order valence-electron chi connectivity index (χ4n) is 3.08. The van der Waals surface area contributed by atoms with Gasteiger partial charge in [-0.05, 0) is 54.6 Å². The molecule has 1 saturated heterocycles. The van der Waals surface area contributed by atoms with Gasteiger partial charge in [-0.15, -0.1) is 0 Å². The number of halogens is 1. The van der Waals surface area contributed by atoms with Crippen LogP contribution < -0.4 is 9.47 Å². The van der Waals surface area contributed by atoms with E-state index in [0.717, 1.165) is 26.7 Å². The number of likely N-dealkylation sites (tertiary alicyclic amines) is 1. The summed E-state index contributed by atoms with van der Waals surface area (Å²) in [6.45, 7) is 1.24. The monoisotopic (exact) mass is 427 g/mol. The Morgan fingerprint density at radius 1 is 0.889 bits per heavy atom. The number of hydrogen-bond acceptors (Lipinski definition) is 4. The lowest BCUT2D eigenvalue weighted by molar-refractivity contribution is -0.113. The van der Waals surface area contributed by atoms with Crippen LogP contribution in [0.1, 0.15) is 11.1 Å². The highest BCUT2D eigenvalue weighted by Gasteiger charge is 2.24. The van der Waals surface area contributed by atoms with E-state index in [1.165, 1.54) is 0 Å². The first-order valence-electron chi connectivity index (χ1n) is 8.61. The summed E-state index contributed by atoms with van der Waals surface area (Å²) in [6, 6.07) is 13.6. The molecular formula is C22H22BrNO3. The molecule has 0 unspecified atom stereocenters. The van der Waals surface area contributed by atoms with Crippen molar-refractivity contribution in [3.63, 3.8) is 0 Å². The van der Waals surface area contributed by atoms with Crippen LogP contribution >= 0.6 is 15.9 Å². The Morgan fingerprint density at radius 3 is 1.93 bits per heavy atom. The highest BCUT2D eigenvalue weighted by molar-refractivity contribution is 9.10. The van der Waals surface area contributed by atoms with E-state index in [0.29, 0.717) is 24.6 Å². The van der Waals surface area contributed by atoms with E-state index in [1.54, 1.807) is 14.2 Å². The molecule has 0 radical (unpaired) electrons. The number of rotatable bonds is 4. The second-order valence-electron chi connectivity index (χ2n) is 6.54. The summed E-state index contributed by atoms with van der Waals surface area (Å²) in [7, 11) is 5.25. The molecule has 0 aromatic heterocycles. The molecule has 1 aliphatic heterocycles. The van der Waals surface area contributed by atoms with E-state index in [-0.39, 0.29) is 5.78 Å². The van der Waals surface area contributed by atoms with Crippen LogP contribution in [0.4, 0.5) is 0 Å². The molecule has 27 heavy (non-hydrogen) atoms. The fraction of sp³-hybridized carbons (Fsp3) is 0.227. The zero-order valence-electron chi connectivity index (χ0n) is 15.7. The molecule has 5 heteroatoms. The minimum absolute atomic E-state index is 0.0813. The van der Waals surface area contributed by atoms with E-state index in [1.807, 2.05) is 61.7 Å². The minimum Gasteiger partial charge on any atom is -0.497 e. The lowest BCUT2D eigenvalue weighted by Crippen LogP contribution is -2.34. The Labute approximate surface area is 168 Å². The number of piperidine rings is 1. The van der Waals surface area contributed by atoms with Crippen molar-refractivity contribution in [2.45, 2.75) is 0 Å². The summed E-state index contributed by atoms with van der Waals surface area (Å²) in [4.78, 5) is 15.2. The Balaban J connectivity index is 1.94. The van der Waals surface area contributed by atoms with Crippen molar-refractivity contribution < 1.29 is 14.3 Å². The van der Waals surface area contributed by atoms with E-state index < -0.39 is 0 Å². The minimum atomic E-state index is 0.0813. The summed E-state index contributed by atoms with van der Waals surface area (Å²) < 4.78 is 11.7. The molecule has 3 rings (SSSR count). The number of Topliss-reactive ketones (excluding diaryl/α,β-unsaturated/α-hetero) is 1. The second-order valence-corrected chi connectivity index (χ2v) is 7.45. The number of carbonyl (C=O) groups is 1. The van der Waals surface area contributed by atoms with Crippen LogP contribution in [0.25, 0.3) is 12.2 Å². The molecule has 0 aliphatic carbocycles. The maximum atomic E-state index is 13.0. The summed E-state index contributed by atoms with van der Waals surface area (Å²) in [5, 5.41) is 0. The van der Waals surface area contributed by atoms with E-state index in [9.17, 15) is 4.79 Å². The van der Waals surface area contributed by atoms with Gasteiger partial charge in [0.1, 0.15) is 11.5 Å². The largest absolute Gasteiger partial charge is 0.497 e. The number of likely N-dealkylation sites (N-methyl/N-ethyl adjacent to an activating group) is 1. The van der Waals surface area contributed by atoms with Gasteiger partial charge in [-0.2, -0.15) is 0 Å². The van der Waals surface area contributed by atoms with Gasteiger partial charge >= 0.3 is 0 Å². The third kappa shape index (κ3) is 4.87. The van der Waals surface area contributed by atoms with Gasteiger partial charge in [0, 0.05) is 34.8 Å². The maximum absolute atomic E-state index is 13.0. The van der Waals surface area contributed by atoms with Crippen LogP contribution in [0, 0.1) is 0 Å². The second kappa shape index (κ2) is 8.55. The van der Waals surface area contributed by atoms with Crippen LogP contribution in [0.15, 0.2) is 58.1 Å². The van der Waals surface area contributed by atoms with Gasteiger partial charge in [-0.1, -0.05) is 28.1 Å². The fourth-order valence-corrected chi connectivity index (χ4v) is 3.35.